The molecule has 0 bridgehead atoms. The van der Waals surface area contributed by atoms with E-state index in [9.17, 15) is 4.79 Å². The average molecular weight is 351 g/mol. The van der Waals surface area contributed by atoms with E-state index < -0.39 is 0 Å². The van der Waals surface area contributed by atoms with Gasteiger partial charge in [0.15, 0.2) is 0 Å². The molecule has 0 aliphatic rings. The summed E-state index contributed by atoms with van der Waals surface area (Å²) in [6.45, 7) is 1.55. The van der Waals surface area contributed by atoms with E-state index in [1.807, 2.05) is 6.07 Å². The minimum Gasteiger partial charge on any atom is -0.326 e. The first-order valence-electron chi connectivity index (χ1n) is 7.65. The van der Waals surface area contributed by atoms with Gasteiger partial charge in [-0.15, -0.1) is 0 Å². The van der Waals surface area contributed by atoms with E-state index in [2.05, 4.69) is 34.9 Å². The molecule has 0 saturated heterocycles. The summed E-state index contributed by atoms with van der Waals surface area (Å²) in [5, 5.41) is 7.00. The van der Waals surface area contributed by atoms with Crippen LogP contribution in [0.3, 0.4) is 0 Å². The Kier molecular flexibility index (Phi) is 7.40. The molecular formula is C18H20Cl2N2O. The maximum Gasteiger partial charge on any atom is 0.225 e. The number of halogens is 2. The number of hydrogen-bond acceptors (Lipinski definition) is 2. The van der Waals surface area contributed by atoms with E-state index in [-0.39, 0.29) is 5.91 Å². The van der Waals surface area contributed by atoms with Gasteiger partial charge in [-0.05, 0) is 43.1 Å². The van der Waals surface area contributed by atoms with E-state index >= 15 is 0 Å². The number of benzene rings is 2. The zero-order chi connectivity index (χ0) is 16.5. The van der Waals surface area contributed by atoms with Crippen molar-refractivity contribution in [1.82, 2.24) is 5.32 Å². The van der Waals surface area contributed by atoms with Crippen LogP contribution in [0.25, 0.3) is 0 Å². The zero-order valence-corrected chi connectivity index (χ0v) is 14.3. The quantitative estimate of drug-likeness (QED) is 0.686. The maximum absolute atomic E-state index is 11.8. The molecule has 2 aromatic rings. The molecule has 0 spiro atoms. The van der Waals surface area contributed by atoms with Crippen LogP contribution in [0.2, 0.25) is 10.0 Å². The van der Waals surface area contributed by atoms with Gasteiger partial charge in [0.1, 0.15) is 0 Å². The van der Waals surface area contributed by atoms with Crippen molar-refractivity contribution in [3.05, 3.63) is 64.1 Å². The summed E-state index contributed by atoms with van der Waals surface area (Å²) in [5.74, 6) is -0.0426. The van der Waals surface area contributed by atoms with Crippen LogP contribution in [0.15, 0.2) is 48.5 Å². The fraction of sp³-hybridized carbons (Fsp3) is 0.278. The summed E-state index contributed by atoms with van der Waals surface area (Å²) in [6.07, 6.45) is 2.52. The molecule has 0 radical (unpaired) electrons. The normalized spacial score (nSPS) is 10.5. The molecule has 23 heavy (non-hydrogen) atoms. The van der Waals surface area contributed by atoms with Gasteiger partial charge in [0.2, 0.25) is 5.91 Å². The summed E-state index contributed by atoms with van der Waals surface area (Å²) >= 11 is 11.8. The Labute approximate surface area is 147 Å². The Morgan fingerprint density at radius 2 is 1.74 bits per heavy atom. The molecule has 2 rings (SSSR count). The van der Waals surface area contributed by atoms with Crippen molar-refractivity contribution in [3.63, 3.8) is 0 Å². The number of nitrogens with one attached hydrogen (secondary N) is 2. The van der Waals surface area contributed by atoms with Crippen molar-refractivity contribution in [2.75, 3.05) is 18.4 Å². The van der Waals surface area contributed by atoms with Gasteiger partial charge in [-0.3, -0.25) is 4.79 Å². The lowest BCUT2D eigenvalue weighted by Crippen LogP contribution is -2.22. The van der Waals surface area contributed by atoms with Crippen LogP contribution in [-0.2, 0) is 11.2 Å². The summed E-state index contributed by atoms with van der Waals surface area (Å²) in [7, 11) is 0. The Balaban J connectivity index is 1.58. The highest BCUT2D eigenvalue weighted by molar-refractivity contribution is 6.42. The van der Waals surface area contributed by atoms with Crippen LogP contribution in [0.4, 0.5) is 5.69 Å². The lowest BCUT2D eigenvalue weighted by atomic mass is 10.1. The highest BCUT2D eigenvalue weighted by atomic mass is 35.5. The third-order valence-corrected chi connectivity index (χ3v) is 4.13. The number of hydrogen-bond donors (Lipinski definition) is 2. The predicted octanol–water partition coefficient (Wildman–Crippen LogP) is 4.54. The van der Waals surface area contributed by atoms with E-state index in [0.717, 1.165) is 19.4 Å². The summed E-state index contributed by atoms with van der Waals surface area (Å²) in [4.78, 5) is 11.8. The van der Waals surface area contributed by atoms with Gasteiger partial charge in [0, 0.05) is 18.7 Å². The number of anilines is 1. The fourth-order valence-corrected chi connectivity index (χ4v) is 2.48. The molecule has 2 aromatic carbocycles. The first-order chi connectivity index (χ1) is 11.1. The van der Waals surface area contributed by atoms with E-state index in [4.69, 9.17) is 23.2 Å². The van der Waals surface area contributed by atoms with Crippen LogP contribution >= 0.6 is 23.2 Å². The molecule has 0 aromatic heterocycles. The predicted molar refractivity (Wildman–Crippen MR) is 97.3 cm³/mol. The van der Waals surface area contributed by atoms with Gasteiger partial charge < -0.3 is 10.6 Å². The average Bonchev–Trinajstić information content (AvgIpc) is 2.55. The van der Waals surface area contributed by atoms with Gasteiger partial charge >= 0.3 is 0 Å². The van der Waals surface area contributed by atoms with Gasteiger partial charge in [-0.2, -0.15) is 0 Å². The molecular weight excluding hydrogens is 331 g/mol. The van der Waals surface area contributed by atoms with Crippen molar-refractivity contribution in [2.45, 2.75) is 19.3 Å². The number of aryl methyl sites for hydroxylation is 1. The van der Waals surface area contributed by atoms with Crippen molar-refractivity contribution in [1.29, 1.82) is 0 Å². The minimum absolute atomic E-state index is 0.0426. The second-order valence-electron chi connectivity index (χ2n) is 5.27. The molecule has 0 unspecified atom stereocenters. The molecule has 5 heteroatoms. The molecule has 2 N–H and O–H groups in total. The van der Waals surface area contributed by atoms with Gasteiger partial charge in [-0.1, -0.05) is 53.5 Å². The molecule has 0 atom stereocenters. The highest BCUT2D eigenvalue weighted by Gasteiger charge is 2.04. The maximum atomic E-state index is 11.8. The first kappa shape index (κ1) is 17.8. The number of carbonyl (C=O) groups is 1. The Hall–Kier alpha value is -1.55. The van der Waals surface area contributed by atoms with Crippen molar-refractivity contribution < 1.29 is 4.79 Å². The summed E-state index contributed by atoms with van der Waals surface area (Å²) in [5.41, 5.74) is 2.00. The van der Waals surface area contributed by atoms with Crippen molar-refractivity contribution >= 4 is 34.8 Å². The monoisotopic (exact) mass is 350 g/mol. The smallest absolute Gasteiger partial charge is 0.225 e. The van der Waals surface area contributed by atoms with E-state index in [0.29, 0.717) is 28.7 Å². The zero-order valence-electron chi connectivity index (χ0n) is 12.8. The van der Waals surface area contributed by atoms with Crippen LogP contribution in [0.5, 0.6) is 0 Å². The molecule has 0 aliphatic heterocycles. The van der Waals surface area contributed by atoms with Crippen LogP contribution in [-0.4, -0.2) is 19.0 Å². The number of carbonyl (C=O) groups excluding carboxylic acids is 1. The van der Waals surface area contributed by atoms with Crippen LogP contribution in [0.1, 0.15) is 18.4 Å². The summed E-state index contributed by atoms with van der Waals surface area (Å²) in [6, 6.07) is 15.4. The molecule has 1 amide bonds. The minimum atomic E-state index is -0.0426. The number of amides is 1. The van der Waals surface area contributed by atoms with Gasteiger partial charge in [0.25, 0.3) is 0 Å². The first-order valence-corrected chi connectivity index (χ1v) is 8.40. The Morgan fingerprint density at radius 1 is 0.957 bits per heavy atom. The fourth-order valence-electron chi connectivity index (χ4n) is 2.19. The third kappa shape index (κ3) is 6.61. The second kappa shape index (κ2) is 9.56. The Bertz CT molecular complexity index is 632. The standard InChI is InChI=1S/C18H20Cl2N2O/c19-16-9-8-15(13-17(16)20)22-18(23)10-12-21-11-4-7-14-5-2-1-3-6-14/h1-3,5-6,8-9,13,21H,4,7,10-12H2,(H,22,23). The third-order valence-electron chi connectivity index (χ3n) is 3.39. The van der Waals surface area contributed by atoms with Crippen molar-refractivity contribution in [2.24, 2.45) is 0 Å². The molecule has 0 heterocycles. The molecule has 0 fully saturated rings. The van der Waals surface area contributed by atoms with E-state index in [1.165, 1.54) is 5.56 Å². The topological polar surface area (TPSA) is 41.1 Å². The molecule has 3 nitrogen and oxygen atoms in total. The number of rotatable bonds is 8. The molecule has 122 valence electrons. The van der Waals surface area contributed by atoms with Gasteiger partial charge in [-0.25, -0.2) is 0 Å². The lowest BCUT2D eigenvalue weighted by molar-refractivity contribution is -0.116. The molecule has 0 aliphatic carbocycles. The Morgan fingerprint density at radius 3 is 2.48 bits per heavy atom. The largest absolute Gasteiger partial charge is 0.326 e. The molecule has 0 saturated carbocycles. The summed E-state index contributed by atoms with van der Waals surface area (Å²) < 4.78 is 0. The highest BCUT2D eigenvalue weighted by Crippen LogP contribution is 2.24. The SMILES string of the molecule is O=C(CCNCCCc1ccccc1)Nc1ccc(Cl)c(Cl)c1. The van der Waals surface area contributed by atoms with Gasteiger partial charge in [0.05, 0.1) is 10.0 Å². The van der Waals surface area contributed by atoms with E-state index in [1.54, 1.807) is 18.2 Å². The van der Waals surface area contributed by atoms with Crippen molar-refractivity contribution in [3.8, 4) is 0 Å². The lowest BCUT2D eigenvalue weighted by Gasteiger charge is -2.07. The second-order valence-corrected chi connectivity index (χ2v) is 6.08. The van der Waals surface area contributed by atoms with Crippen LogP contribution < -0.4 is 10.6 Å². The van der Waals surface area contributed by atoms with Crippen LogP contribution in [0, 0.1) is 0 Å².